The second kappa shape index (κ2) is 3.88. The van der Waals surface area contributed by atoms with Gasteiger partial charge in [0.15, 0.2) is 0 Å². The molecule has 0 amide bonds. The van der Waals surface area contributed by atoms with Crippen molar-refractivity contribution in [1.29, 1.82) is 0 Å². The molecular formula is C9H14N4O2. The van der Waals surface area contributed by atoms with Crippen LogP contribution in [-0.4, -0.2) is 14.7 Å². The topological polar surface area (TPSA) is 87.0 Å². The van der Waals surface area contributed by atoms with Gasteiger partial charge in [-0.1, -0.05) is 19.3 Å². The van der Waals surface area contributed by atoms with Crippen LogP contribution in [0.2, 0.25) is 0 Å². The highest BCUT2D eigenvalue weighted by Crippen LogP contribution is 2.32. The predicted molar refractivity (Wildman–Crippen MR) is 55.4 cm³/mol. The molecule has 0 bridgehead atoms. The van der Waals surface area contributed by atoms with Crippen LogP contribution < -0.4 is 5.73 Å². The average molecular weight is 210 g/mol. The van der Waals surface area contributed by atoms with Gasteiger partial charge in [0, 0.05) is 0 Å². The second-order valence-corrected chi connectivity index (χ2v) is 3.91. The molecule has 1 heterocycles. The molecule has 2 N–H and O–H groups in total. The molecule has 1 aliphatic rings. The number of nitrogens with zero attached hydrogens (tertiary/aromatic N) is 3. The molecule has 0 aromatic carbocycles. The van der Waals surface area contributed by atoms with Crippen LogP contribution in [0.3, 0.4) is 0 Å². The number of hydrogen-bond acceptors (Lipinski definition) is 4. The minimum absolute atomic E-state index is 0.0828. The summed E-state index contributed by atoms with van der Waals surface area (Å²) in [6, 6.07) is 0.243. The van der Waals surface area contributed by atoms with Crippen molar-refractivity contribution in [3.63, 3.8) is 0 Å². The maximum Gasteiger partial charge on any atom is 0.330 e. The number of aromatic nitrogens is 2. The maximum atomic E-state index is 10.6. The van der Waals surface area contributed by atoms with Gasteiger partial charge < -0.3 is 5.73 Å². The molecule has 15 heavy (non-hydrogen) atoms. The molecule has 6 heteroatoms. The van der Waals surface area contributed by atoms with E-state index in [0.717, 1.165) is 25.7 Å². The van der Waals surface area contributed by atoms with Crippen molar-refractivity contribution in [3.8, 4) is 0 Å². The summed E-state index contributed by atoms with van der Waals surface area (Å²) < 4.78 is 1.61. The third kappa shape index (κ3) is 1.79. The van der Waals surface area contributed by atoms with Crippen LogP contribution in [0.4, 0.5) is 11.5 Å². The van der Waals surface area contributed by atoms with E-state index < -0.39 is 4.92 Å². The Bertz CT molecular complexity index is 368. The van der Waals surface area contributed by atoms with Gasteiger partial charge in [-0.3, -0.25) is 10.1 Å². The Labute approximate surface area is 87.2 Å². The Kier molecular flexibility index (Phi) is 2.57. The van der Waals surface area contributed by atoms with Crippen LogP contribution in [0.1, 0.15) is 38.1 Å². The van der Waals surface area contributed by atoms with E-state index >= 15 is 0 Å². The molecule has 1 saturated carbocycles. The normalized spacial score (nSPS) is 17.9. The van der Waals surface area contributed by atoms with Gasteiger partial charge in [-0.05, 0) is 12.8 Å². The number of nitrogen functional groups attached to an aromatic ring is 1. The van der Waals surface area contributed by atoms with E-state index in [4.69, 9.17) is 5.73 Å². The van der Waals surface area contributed by atoms with Crippen molar-refractivity contribution in [2.45, 2.75) is 38.1 Å². The van der Waals surface area contributed by atoms with Crippen molar-refractivity contribution >= 4 is 11.5 Å². The van der Waals surface area contributed by atoms with Crippen LogP contribution in [0, 0.1) is 10.1 Å². The number of nitrogens with two attached hydrogens (primary N) is 1. The largest absolute Gasteiger partial charge is 0.378 e. The van der Waals surface area contributed by atoms with Crippen molar-refractivity contribution in [1.82, 2.24) is 9.78 Å². The lowest BCUT2D eigenvalue weighted by Crippen LogP contribution is -2.16. The Hall–Kier alpha value is -1.59. The van der Waals surface area contributed by atoms with Gasteiger partial charge in [0.25, 0.3) is 0 Å². The fourth-order valence-electron chi connectivity index (χ4n) is 2.12. The molecule has 2 rings (SSSR count). The fraction of sp³-hybridized carbons (Fsp3) is 0.667. The zero-order valence-electron chi connectivity index (χ0n) is 8.43. The van der Waals surface area contributed by atoms with Crippen LogP contribution in [-0.2, 0) is 0 Å². The van der Waals surface area contributed by atoms with E-state index in [1.165, 1.54) is 12.6 Å². The highest BCUT2D eigenvalue weighted by Gasteiger charge is 2.23. The molecule has 1 aromatic heterocycles. The molecule has 0 saturated heterocycles. The molecule has 1 aliphatic carbocycles. The first-order valence-corrected chi connectivity index (χ1v) is 5.17. The highest BCUT2D eigenvalue weighted by atomic mass is 16.6. The summed E-state index contributed by atoms with van der Waals surface area (Å²) in [6.45, 7) is 0. The molecular weight excluding hydrogens is 196 g/mol. The zero-order chi connectivity index (χ0) is 10.8. The molecule has 0 unspecified atom stereocenters. The minimum Gasteiger partial charge on any atom is -0.378 e. The lowest BCUT2D eigenvalue weighted by molar-refractivity contribution is -0.384. The third-order valence-electron chi connectivity index (χ3n) is 2.93. The van der Waals surface area contributed by atoms with E-state index in [1.807, 2.05) is 0 Å². The predicted octanol–water partition coefficient (Wildman–Crippen LogP) is 1.88. The molecule has 0 spiro atoms. The number of anilines is 1. The summed E-state index contributed by atoms with van der Waals surface area (Å²) >= 11 is 0. The SMILES string of the molecule is Nc1c([N+](=O)[O-])cnn1C1CCCCC1. The van der Waals surface area contributed by atoms with Gasteiger partial charge in [-0.15, -0.1) is 0 Å². The molecule has 6 nitrogen and oxygen atoms in total. The minimum atomic E-state index is -0.484. The Morgan fingerprint density at radius 1 is 1.47 bits per heavy atom. The molecule has 0 radical (unpaired) electrons. The quantitative estimate of drug-likeness (QED) is 0.596. The first-order valence-electron chi connectivity index (χ1n) is 5.17. The van der Waals surface area contributed by atoms with Crippen molar-refractivity contribution in [3.05, 3.63) is 16.3 Å². The monoisotopic (exact) mass is 210 g/mol. The van der Waals surface area contributed by atoms with Gasteiger partial charge >= 0.3 is 5.69 Å². The van der Waals surface area contributed by atoms with Gasteiger partial charge in [-0.25, -0.2) is 4.68 Å². The Morgan fingerprint density at radius 2 is 2.13 bits per heavy atom. The standard InChI is InChI=1S/C9H14N4O2/c10-9-8(13(14)15)6-11-12(9)7-4-2-1-3-5-7/h6-7H,1-5,10H2. The maximum absolute atomic E-state index is 10.6. The van der Waals surface area contributed by atoms with E-state index in [-0.39, 0.29) is 17.5 Å². The van der Waals surface area contributed by atoms with Gasteiger partial charge in [0.2, 0.25) is 5.82 Å². The van der Waals surface area contributed by atoms with E-state index in [2.05, 4.69) is 5.10 Å². The summed E-state index contributed by atoms with van der Waals surface area (Å²) in [5.41, 5.74) is 5.61. The Morgan fingerprint density at radius 3 is 2.67 bits per heavy atom. The van der Waals surface area contributed by atoms with E-state index in [1.54, 1.807) is 4.68 Å². The Balaban J connectivity index is 2.24. The van der Waals surface area contributed by atoms with Crippen molar-refractivity contribution < 1.29 is 4.92 Å². The average Bonchev–Trinajstić information content (AvgIpc) is 2.61. The smallest absolute Gasteiger partial charge is 0.330 e. The van der Waals surface area contributed by atoms with Crippen molar-refractivity contribution in [2.24, 2.45) is 0 Å². The van der Waals surface area contributed by atoms with Gasteiger partial charge in [0.1, 0.15) is 6.20 Å². The summed E-state index contributed by atoms with van der Waals surface area (Å²) in [5.74, 6) is 0.187. The molecule has 82 valence electrons. The zero-order valence-corrected chi connectivity index (χ0v) is 8.43. The number of hydrogen-bond donors (Lipinski definition) is 1. The van der Waals surface area contributed by atoms with Crippen LogP contribution >= 0.6 is 0 Å². The van der Waals surface area contributed by atoms with Crippen LogP contribution in [0.25, 0.3) is 0 Å². The number of rotatable bonds is 2. The lowest BCUT2D eigenvalue weighted by atomic mass is 9.96. The second-order valence-electron chi connectivity index (χ2n) is 3.91. The molecule has 1 fully saturated rings. The summed E-state index contributed by atoms with van der Waals surface area (Å²) in [6.07, 6.45) is 6.81. The third-order valence-corrected chi connectivity index (χ3v) is 2.93. The summed E-state index contributed by atoms with van der Waals surface area (Å²) in [4.78, 5) is 10.1. The summed E-state index contributed by atoms with van der Waals surface area (Å²) in [5, 5.41) is 14.6. The van der Waals surface area contributed by atoms with E-state index in [9.17, 15) is 10.1 Å². The van der Waals surface area contributed by atoms with E-state index in [0.29, 0.717) is 0 Å². The van der Waals surface area contributed by atoms with Crippen LogP contribution in [0.15, 0.2) is 6.20 Å². The lowest BCUT2D eigenvalue weighted by Gasteiger charge is -2.22. The molecule has 0 atom stereocenters. The highest BCUT2D eigenvalue weighted by molar-refractivity contribution is 5.51. The first-order chi connectivity index (χ1) is 7.20. The van der Waals surface area contributed by atoms with Gasteiger partial charge in [-0.2, -0.15) is 5.10 Å². The number of nitro groups is 1. The molecule has 0 aliphatic heterocycles. The van der Waals surface area contributed by atoms with Crippen molar-refractivity contribution in [2.75, 3.05) is 5.73 Å². The summed E-state index contributed by atoms with van der Waals surface area (Å²) in [7, 11) is 0. The van der Waals surface area contributed by atoms with Gasteiger partial charge in [0.05, 0.1) is 11.0 Å². The first kappa shape index (κ1) is 9.95. The van der Waals surface area contributed by atoms with Crippen LogP contribution in [0.5, 0.6) is 0 Å². The molecule has 1 aromatic rings. The fourth-order valence-corrected chi connectivity index (χ4v) is 2.12.